The van der Waals surface area contributed by atoms with E-state index in [4.69, 9.17) is 9.47 Å². The lowest BCUT2D eigenvalue weighted by molar-refractivity contribution is -0.178. The highest BCUT2D eigenvalue weighted by Gasteiger charge is 2.40. The topological polar surface area (TPSA) is 76.7 Å². The lowest BCUT2D eigenvalue weighted by atomic mass is 9.91. The summed E-state index contributed by atoms with van der Waals surface area (Å²) in [4.78, 5) is 0. The van der Waals surface area contributed by atoms with E-state index < -0.39 is 16.0 Å². The highest BCUT2D eigenvalue weighted by Crippen LogP contribution is 2.35. The summed E-state index contributed by atoms with van der Waals surface area (Å²) in [7, 11) is -1.94. The molecule has 0 aromatic rings. The van der Waals surface area contributed by atoms with Gasteiger partial charge in [-0.3, -0.25) is 0 Å². The van der Waals surface area contributed by atoms with Crippen molar-refractivity contribution in [2.75, 3.05) is 20.3 Å². The number of hydrogen-bond donors (Lipinski definition) is 2. The summed E-state index contributed by atoms with van der Waals surface area (Å²) in [6, 6.07) is -0.0177. The molecule has 0 unspecified atom stereocenters. The van der Waals surface area contributed by atoms with Crippen molar-refractivity contribution in [1.29, 1.82) is 0 Å². The van der Waals surface area contributed by atoms with Gasteiger partial charge in [0, 0.05) is 25.9 Å². The molecule has 0 aromatic heterocycles. The fourth-order valence-electron chi connectivity index (χ4n) is 2.24. The highest BCUT2D eigenvalue weighted by atomic mass is 32.2. The standard InChI is InChI=1S/C9H18N2O4S/c1-10-16(12,13)11-8-2-4-9(5-3-8)14-6-7-15-9/h8,10-11H,2-7H2,1H3. The predicted octanol–water partition coefficient (Wildman–Crippen LogP) is -0.274. The van der Waals surface area contributed by atoms with E-state index >= 15 is 0 Å². The third-order valence-corrected chi connectivity index (χ3v) is 4.33. The monoisotopic (exact) mass is 250 g/mol. The molecule has 2 N–H and O–H groups in total. The lowest BCUT2D eigenvalue weighted by Gasteiger charge is -2.35. The Kier molecular flexibility index (Phi) is 3.50. The first-order chi connectivity index (χ1) is 7.55. The van der Waals surface area contributed by atoms with Gasteiger partial charge in [-0.2, -0.15) is 13.1 Å². The maximum absolute atomic E-state index is 11.3. The Balaban J connectivity index is 1.85. The van der Waals surface area contributed by atoms with Crippen molar-refractivity contribution in [2.45, 2.75) is 37.5 Å². The molecular weight excluding hydrogens is 232 g/mol. The molecular formula is C9H18N2O4S. The SMILES string of the molecule is CNS(=O)(=O)NC1CCC2(CC1)OCCO2. The van der Waals surface area contributed by atoms with Crippen molar-refractivity contribution in [3.8, 4) is 0 Å². The molecule has 0 aromatic carbocycles. The second-order valence-corrected chi connectivity index (χ2v) is 5.86. The number of hydrogen-bond acceptors (Lipinski definition) is 4. The molecule has 0 bridgehead atoms. The summed E-state index contributed by atoms with van der Waals surface area (Å²) < 4.78 is 38.6. The minimum atomic E-state index is -3.34. The zero-order chi connectivity index (χ0) is 11.6. The van der Waals surface area contributed by atoms with Crippen molar-refractivity contribution in [3.05, 3.63) is 0 Å². The molecule has 6 nitrogen and oxygen atoms in total. The van der Waals surface area contributed by atoms with Gasteiger partial charge in [0.1, 0.15) is 0 Å². The average molecular weight is 250 g/mol. The molecule has 0 amide bonds. The second-order valence-electron chi connectivity index (χ2n) is 4.21. The number of rotatable bonds is 3. The molecule has 1 saturated carbocycles. The Labute approximate surface area is 95.9 Å². The van der Waals surface area contributed by atoms with Gasteiger partial charge < -0.3 is 9.47 Å². The maximum atomic E-state index is 11.3. The molecule has 1 aliphatic heterocycles. The smallest absolute Gasteiger partial charge is 0.276 e. The molecule has 2 rings (SSSR count). The van der Waals surface area contributed by atoms with E-state index in [9.17, 15) is 8.42 Å². The Hall–Kier alpha value is -0.210. The van der Waals surface area contributed by atoms with Gasteiger partial charge in [-0.05, 0) is 12.8 Å². The Bertz CT molecular complexity index is 327. The van der Waals surface area contributed by atoms with Crippen LogP contribution in [0.1, 0.15) is 25.7 Å². The van der Waals surface area contributed by atoms with E-state index in [1.165, 1.54) is 7.05 Å². The summed E-state index contributed by atoms with van der Waals surface area (Å²) in [6.07, 6.45) is 3.01. The number of ether oxygens (including phenoxy) is 2. The normalized spacial score (nSPS) is 26.3. The molecule has 7 heteroatoms. The van der Waals surface area contributed by atoms with Gasteiger partial charge in [-0.15, -0.1) is 0 Å². The van der Waals surface area contributed by atoms with Gasteiger partial charge >= 0.3 is 0 Å². The summed E-state index contributed by atoms with van der Waals surface area (Å²) >= 11 is 0. The summed E-state index contributed by atoms with van der Waals surface area (Å²) in [5.74, 6) is -0.429. The minimum absolute atomic E-state index is 0.0177. The molecule has 16 heavy (non-hydrogen) atoms. The Morgan fingerprint density at radius 1 is 1.19 bits per heavy atom. The predicted molar refractivity (Wildman–Crippen MR) is 58.0 cm³/mol. The van der Waals surface area contributed by atoms with Gasteiger partial charge in [-0.1, -0.05) is 0 Å². The minimum Gasteiger partial charge on any atom is -0.348 e. The third kappa shape index (κ3) is 2.72. The van der Waals surface area contributed by atoms with Crippen molar-refractivity contribution >= 4 is 10.2 Å². The molecule has 1 spiro atoms. The summed E-state index contributed by atoms with van der Waals surface area (Å²) in [6.45, 7) is 1.29. The van der Waals surface area contributed by atoms with Crippen LogP contribution in [0, 0.1) is 0 Å². The van der Waals surface area contributed by atoms with E-state index in [0.29, 0.717) is 13.2 Å². The van der Waals surface area contributed by atoms with E-state index in [1.807, 2.05) is 0 Å². The summed E-state index contributed by atoms with van der Waals surface area (Å²) in [5, 5.41) is 0. The molecule has 2 fully saturated rings. The van der Waals surface area contributed by atoms with Crippen molar-refractivity contribution < 1.29 is 17.9 Å². The van der Waals surface area contributed by atoms with Crippen molar-refractivity contribution in [3.63, 3.8) is 0 Å². The van der Waals surface area contributed by atoms with Crippen LogP contribution in [0.4, 0.5) is 0 Å². The van der Waals surface area contributed by atoms with Crippen LogP contribution in [0.25, 0.3) is 0 Å². The average Bonchev–Trinajstić information content (AvgIpc) is 2.71. The number of nitrogens with one attached hydrogen (secondary N) is 2. The molecule has 2 aliphatic rings. The van der Waals surface area contributed by atoms with Gasteiger partial charge in [0.05, 0.1) is 13.2 Å². The zero-order valence-corrected chi connectivity index (χ0v) is 10.2. The van der Waals surface area contributed by atoms with Crippen LogP contribution in [-0.4, -0.2) is 40.5 Å². The fraction of sp³-hybridized carbons (Fsp3) is 1.00. The molecule has 1 aliphatic carbocycles. The van der Waals surface area contributed by atoms with E-state index in [-0.39, 0.29) is 6.04 Å². The van der Waals surface area contributed by atoms with Crippen molar-refractivity contribution in [2.24, 2.45) is 0 Å². The van der Waals surface area contributed by atoms with Gasteiger partial charge in [-0.25, -0.2) is 4.72 Å². The lowest BCUT2D eigenvalue weighted by Crippen LogP contribution is -2.46. The van der Waals surface area contributed by atoms with E-state index in [1.54, 1.807) is 0 Å². The molecule has 1 heterocycles. The first kappa shape index (κ1) is 12.3. The third-order valence-electron chi connectivity index (χ3n) is 3.15. The second kappa shape index (κ2) is 4.58. The van der Waals surface area contributed by atoms with Crippen LogP contribution in [0.2, 0.25) is 0 Å². The fourth-order valence-corrected chi connectivity index (χ4v) is 3.03. The van der Waals surface area contributed by atoms with Gasteiger partial charge in [0.15, 0.2) is 5.79 Å². The summed E-state index contributed by atoms with van der Waals surface area (Å²) in [5.41, 5.74) is 0. The van der Waals surface area contributed by atoms with Crippen LogP contribution >= 0.6 is 0 Å². The van der Waals surface area contributed by atoms with Crippen LogP contribution in [0.15, 0.2) is 0 Å². The van der Waals surface area contributed by atoms with E-state index in [2.05, 4.69) is 9.44 Å². The van der Waals surface area contributed by atoms with Gasteiger partial charge in [0.2, 0.25) is 0 Å². The van der Waals surface area contributed by atoms with E-state index in [0.717, 1.165) is 25.7 Å². The quantitative estimate of drug-likeness (QED) is 0.722. The molecule has 1 saturated heterocycles. The van der Waals surface area contributed by atoms with Crippen LogP contribution < -0.4 is 9.44 Å². The van der Waals surface area contributed by atoms with Gasteiger partial charge in [0.25, 0.3) is 10.2 Å². The van der Waals surface area contributed by atoms with Crippen LogP contribution in [0.3, 0.4) is 0 Å². The maximum Gasteiger partial charge on any atom is 0.276 e. The molecule has 94 valence electrons. The zero-order valence-electron chi connectivity index (χ0n) is 9.36. The van der Waals surface area contributed by atoms with Crippen LogP contribution in [-0.2, 0) is 19.7 Å². The first-order valence-corrected chi connectivity index (χ1v) is 7.02. The first-order valence-electron chi connectivity index (χ1n) is 5.54. The Morgan fingerprint density at radius 2 is 1.75 bits per heavy atom. The largest absolute Gasteiger partial charge is 0.348 e. The van der Waals surface area contributed by atoms with Crippen LogP contribution in [0.5, 0.6) is 0 Å². The Morgan fingerprint density at radius 3 is 2.25 bits per heavy atom. The molecule has 0 atom stereocenters. The molecule has 0 radical (unpaired) electrons. The highest BCUT2D eigenvalue weighted by molar-refractivity contribution is 7.87. The van der Waals surface area contributed by atoms with Crippen molar-refractivity contribution in [1.82, 2.24) is 9.44 Å².